The van der Waals surface area contributed by atoms with E-state index in [4.69, 9.17) is 33.0 Å². The molecule has 4 rings (SSSR count). The maximum Gasteiger partial charge on any atom is 0.322 e. The van der Waals surface area contributed by atoms with Gasteiger partial charge in [-0.05, 0) is 36.2 Å². The van der Waals surface area contributed by atoms with Crippen molar-refractivity contribution in [3.63, 3.8) is 0 Å². The Morgan fingerprint density at radius 1 is 0.972 bits per heavy atom. The monoisotopic (exact) mass is 526 g/mol. The molecule has 0 spiro atoms. The van der Waals surface area contributed by atoms with E-state index >= 15 is 0 Å². The first-order valence-corrected chi connectivity index (χ1v) is 12.1. The minimum atomic E-state index is -1.15. The highest BCUT2D eigenvalue weighted by Gasteiger charge is 2.37. The number of carboxylic acids is 1. The molecule has 7 nitrogen and oxygen atoms in total. The molecule has 3 aromatic carbocycles. The van der Waals surface area contributed by atoms with Crippen LogP contribution in [-0.2, 0) is 25.7 Å². The molecule has 2 atom stereocenters. The Labute approximate surface area is 218 Å². The minimum Gasteiger partial charge on any atom is -0.480 e. The summed E-state index contributed by atoms with van der Waals surface area (Å²) in [5.74, 6) is -1.95. The fourth-order valence-corrected chi connectivity index (χ4v) is 4.56. The smallest absolute Gasteiger partial charge is 0.322 e. The molecule has 0 aliphatic carbocycles. The zero-order chi connectivity index (χ0) is 25.7. The predicted molar refractivity (Wildman–Crippen MR) is 137 cm³/mol. The third-order valence-electron chi connectivity index (χ3n) is 5.85. The summed E-state index contributed by atoms with van der Waals surface area (Å²) in [6.45, 7) is -0.209. The summed E-state index contributed by atoms with van der Waals surface area (Å²) < 4.78 is 6.39. The number of hydrogen-bond donors (Lipinski definition) is 2. The molecule has 2 N–H and O–H groups in total. The molecule has 0 radical (unpaired) electrons. The third-order valence-corrected chi connectivity index (χ3v) is 6.43. The number of nitrogens with zero attached hydrogens (tertiary/aromatic N) is 1. The van der Waals surface area contributed by atoms with Gasteiger partial charge in [-0.2, -0.15) is 0 Å². The van der Waals surface area contributed by atoms with Gasteiger partial charge in [-0.15, -0.1) is 0 Å². The average molecular weight is 527 g/mol. The van der Waals surface area contributed by atoms with Crippen LogP contribution in [0.5, 0.6) is 0 Å². The Hall–Kier alpha value is -3.39. The number of amides is 2. The summed E-state index contributed by atoms with van der Waals surface area (Å²) in [5.41, 5.74) is 2.90. The van der Waals surface area contributed by atoms with Crippen molar-refractivity contribution in [2.75, 3.05) is 11.4 Å². The number of rotatable bonds is 8. The van der Waals surface area contributed by atoms with Gasteiger partial charge in [0.15, 0.2) is 0 Å². The molecule has 0 bridgehead atoms. The molecule has 2 unspecified atom stereocenters. The van der Waals surface area contributed by atoms with E-state index in [0.29, 0.717) is 26.9 Å². The normalized spacial score (nSPS) is 17.3. The van der Waals surface area contributed by atoms with Crippen molar-refractivity contribution >= 4 is 46.7 Å². The van der Waals surface area contributed by atoms with Gasteiger partial charge in [0, 0.05) is 27.6 Å². The van der Waals surface area contributed by atoms with Crippen molar-refractivity contribution in [3.05, 3.63) is 99.5 Å². The third kappa shape index (κ3) is 6.05. The number of benzene rings is 3. The number of carbonyl (C=O) groups is 3. The lowest BCUT2D eigenvalue weighted by molar-refractivity contribution is -0.138. The Balaban J connectivity index is 1.74. The molecule has 3 aromatic rings. The Morgan fingerprint density at radius 2 is 1.69 bits per heavy atom. The van der Waals surface area contributed by atoms with Crippen molar-refractivity contribution < 1.29 is 24.2 Å². The lowest BCUT2D eigenvalue weighted by Gasteiger charge is -2.25. The van der Waals surface area contributed by atoms with Crippen molar-refractivity contribution in [1.82, 2.24) is 5.32 Å². The van der Waals surface area contributed by atoms with E-state index in [0.717, 1.165) is 5.56 Å². The quantitative estimate of drug-likeness (QED) is 0.430. The highest BCUT2D eigenvalue weighted by Crippen LogP contribution is 2.42. The number of fused-ring (bicyclic) bond motifs is 1. The van der Waals surface area contributed by atoms with E-state index in [-0.39, 0.29) is 25.3 Å². The minimum absolute atomic E-state index is 0.0538. The van der Waals surface area contributed by atoms with Crippen LogP contribution in [0.2, 0.25) is 10.0 Å². The zero-order valence-electron chi connectivity index (χ0n) is 19.2. The Kier molecular flexibility index (Phi) is 8.25. The van der Waals surface area contributed by atoms with Crippen LogP contribution in [-0.4, -0.2) is 35.5 Å². The van der Waals surface area contributed by atoms with Gasteiger partial charge >= 0.3 is 5.97 Å². The highest BCUT2D eigenvalue weighted by atomic mass is 35.5. The number of hydrogen-bond acceptors (Lipinski definition) is 4. The average Bonchev–Trinajstić information content (AvgIpc) is 2.97. The molecule has 0 aromatic heterocycles. The number of carbonyl (C=O) groups excluding carboxylic acids is 2. The van der Waals surface area contributed by atoms with E-state index < -0.39 is 30.6 Å². The van der Waals surface area contributed by atoms with E-state index in [9.17, 15) is 14.4 Å². The Morgan fingerprint density at radius 3 is 2.42 bits per heavy atom. The first-order valence-electron chi connectivity index (χ1n) is 11.4. The summed E-state index contributed by atoms with van der Waals surface area (Å²) in [6, 6.07) is 22.0. The van der Waals surface area contributed by atoms with Crippen LogP contribution in [0.1, 0.15) is 35.6 Å². The SMILES string of the molecule is O=C(O)CNC(=O)CCC1OC(c2ccccc2Cl)c2cc(Cl)ccc2N(Cc2ccccc2)C1=O. The number of ether oxygens (including phenoxy) is 1. The van der Waals surface area contributed by atoms with Gasteiger partial charge in [0.25, 0.3) is 5.91 Å². The highest BCUT2D eigenvalue weighted by molar-refractivity contribution is 6.31. The van der Waals surface area contributed by atoms with E-state index in [1.165, 1.54) is 0 Å². The molecule has 0 saturated heterocycles. The van der Waals surface area contributed by atoms with Gasteiger partial charge in [0.05, 0.1) is 12.2 Å². The fourth-order valence-electron chi connectivity index (χ4n) is 4.14. The van der Waals surface area contributed by atoms with Crippen LogP contribution in [0.4, 0.5) is 5.69 Å². The van der Waals surface area contributed by atoms with Crippen LogP contribution < -0.4 is 10.2 Å². The first kappa shape index (κ1) is 25.7. The van der Waals surface area contributed by atoms with Gasteiger partial charge < -0.3 is 20.1 Å². The van der Waals surface area contributed by atoms with Crippen LogP contribution in [0.25, 0.3) is 0 Å². The standard InChI is InChI=1S/C27H24Cl2N2O5/c28-18-10-11-22-20(14-18)26(19-8-4-5-9-21(19)29)36-23(12-13-24(32)30-15-25(33)34)27(35)31(22)16-17-6-2-1-3-7-17/h1-11,14,23,26H,12-13,15-16H2,(H,30,32)(H,33,34). The molecule has 36 heavy (non-hydrogen) atoms. The predicted octanol–water partition coefficient (Wildman–Crippen LogP) is 5.00. The summed E-state index contributed by atoms with van der Waals surface area (Å²) in [4.78, 5) is 38.5. The fraction of sp³-hybridized carbons (Fsp3) is 0.222. The first-order chi connectivity index (χ1) is 17.3. The summed E-state index contributed by atoms with van der Waals surface area (Å²) in [7, 11) is 0. The molecule has 2 amide bonds. The molecule has 0 fully saturated rings. The topological polar surface area (TPSA) is 95.9 Å². The van der Waals surface area contributed by atoms with Crippen LogP contribution >= 0.6 is 23.2 Å². The second kappa shape index (κ2) is 11.6. The maximum atomic E-state index is 13.8. The Bertz CT molecular complexity index is 1270. The van der Waals surface area contributed by atoms with Crippen LogP contribution in [0.15, 0.2) is 72.8 Å². The number of anilines is 1. The molecule has 1 heterocycles. The number of aliphatic carboxylic acids is 1. The summed E-state index contributed by atoms with van der Waals surface area (Å²) >= 11 is 12.9. The summed E-state index contributed by atoms with van der Waals surface area (Å²) in [6.07, 6.45) is -1.74. The number of halogens is 2. The van der Waals surface area contributed by atoms with Gasteiger partial charge in [-0.1, -0.05) is 71.7 Å². The second-order valence-electron chi connectivity index (χ2n) is 8.35. The number of carboxylic acid groups (broad SMARTS) is 1. The van der Waals surface area contributed by atoms with E-state index in [2.05, 4.69) is 5.32 Å². The van der Waals surface area contributed by atoms with Gasteiger partial charge in [-0.3, -0.25) is 14.4 Å². The van der Waals surface area contributed by atoms with Gasteiger partial charge in [0.2, 0.25) is 5.91 Å². The van der Waals surface area contributed by atoms with Crippen molar-refractivity contribution in [2.45, 2.75) is 31.6 Å². The summed E-state index contributed by atoms with van der Waals surface area (Å²) in [5, 5.41) is 12.1. The molecule has 1 aliphatic rings. The molecule has 1 aliphatic heterocycles. The maximum absolute atomic E-state index is 13.8. The zero-order valence-corrected chi connectivity index (χ0v) is 20.7. The molecule has 0 saturated carbocycles. The van der Waals surface area contributed by atoms with Crippen molar-refractivity contribution in [3.8, 4) is 0 Å². The largest absolute Gasteiger partial charge is 0.480 e. The lowest BCUT2D eigenvalue weighted by Crippen LogP contribution is -2.40. The molecule has 9 heteroatoms. The molecular formula is C27H24Cl2N2O5. The van der Waals surface area contributed by atoms with E-state index in [1.807, 2.05) is 42.5 Å². The van der Waals surface area contributed by atoms with Crippen LogP contribution in [0.3, 0.4) is 0 Å². The molecule has 186 valence electrons. The number of nitrogens with one attached hydrogen (secondary N) is 1. The van der Waals surface area contributed by atoms with E-state index in [1.54, 1.807) is 35.2 Å². The van der Waals surface area contributed by atoms with Gasteiger partial charge in [-0.25, -0.2) is 0 Å². The van der Waals surface area contributed by atoms with Gasteiger partial charge in [0.1, 0.15) is 18.8 Å². The molecular weight excluding hydrogens is 503 g/mol. The second-order valence-corrected chi connectivity index (χ2v) is 9.19. The lowest BCUT2D eigenvalue weighted by atomic mass is 9.99. The van der Waals surface area contributed by atoms with Crippen LogP contribution in [0, 0.1) is 0 Å². The van der Waals surface area contributed by atoms with Crippen molar-refractivity contribution in [1.29, 1.82) is 0 Å². The van der Waals surface area contributed by atoms with Crippen molar-refractivity contribution in [2.24, 2.45) is 0 Å².